The number of amides is 1. The molecule has 0 unspecified atom stereocenters. The summed E-state index contributed by atoms with van der Waals surface area (Å²) < 4.78 is 49.9. The summed E-state index contributed by atoms with van der Waals surface area (Å²) in [6.45, 7) is 4.80. The minimum Gasteiger partial charge on any atom is -0.466 e. The SMILES string of the molecule is COCOc1cc(NC(=O)OC(C)(C)C)ccc1S(=O)(=O)F. The van der Waals surface area contributed by atoms with Gasteiger partial charge >= 0.3 is 16.3 Å². The Hall–Kier alpha value is -1.87. The van der Waals surface area contributed by atoms with Gasteiger partial charge in [0.1, 0.15) is 16.2 Å². The van der Waals surface area contributed by atoms with Crippen LogP contribution in [0.3, 0.4) is 0 Å². The van der Waals surface area contributed by atoms with E-state index < -0.39 is 26.8 Å². The van der Waals surface area contributed by atoms with E-state index in [1.54, 1.807) is 20.8 Å². The van der Waals surface area contributed by atoms with Gasteiger partial charge in [-0.15, -0.1) is 3.89 Å². The molecule has 1 amide bonds. The first-order valence-corrected chi connectivity index (χ1v) is 7.62. The van der Waals surface area contributed by atoms with Crippen molar-refractivity contribution >= 4 is 22.0 Å². The van der Waals surface area contributed by atoms with Crippen LogP contribution in [0.1, 0.15) is 20.8 Å². The zero-order chi connectivity index (χ0) is 17.0. The molecule has 0 fully saturated rings. The van der Waals surface area contributed by atoms with Gasteiger partial charge in [0.25, 0.3) is 0 Å². The number of rotatable bonds is 5. The predicted molar refractivity (Wildman–Crippen MR) is 77.1 cm³/mol. The minimum absolute atomic E-state index is 0.188. The van der Waals surface area contributed by atoms with Gasteiger partial charge in [-0.25, -0.2) is 4.79 Å². The average molecular weight is 335 g/mol. The van der Waals surface area contributed by atoms with E-state index in [9.17, 15) is 17.1 Å². The molecule has 0 aliphatic heterocycles. The third kappa shape index (κ3) is 5.86. The molecule has 0 bridgehead atoms. The first-order valence-electron chi connectivity index (χ1n) is 6.23. The third-order valence-electron chi connectivity index (χ3n) is 2.18. The Labute approximate surface area is 128 Å². The second kappa shape index (κ2) is 6.93. The highest BCUT2D eigenvalue weighted by molar-refractivity contribution is 7.86. The lowest BCUT2D eigenvalue weighted by Gasteiger charge is -2.20. The fourth-order valence-corrected chi connectivity index (χ4v) is 2.03. The highest BCUT2D eigenvalue weighted by Gasteiger charge is 2.21. The molecule has 0 atom stereocenters. The minimum atomic E-state index is -4.96. The molecule has 0 saturated carbocycles. The second-order valence-corrected chi connectivity index (χ2v) is 6.59. The van der Waals surface area contributed by atoms with E-state index in [1.165, 1.54) is 13.2 Å². The number of halogens is 1. The molecule has 0 aliphatic carbocycles. The molecule has 7 nitrogen and oxygen atoms in total. The summed E-state index contributed by atoms with van der Waals surface area (Å²) in [4.78, 5) is 11.0. The lowest BCUT2D eigenvalue weighted by Crippen LogP contribution is -2.27. The van der Waals surface area contributed by atoms with Crippen LogP contribution < -0.4 is 10.1 Å². The van der Waals surface area contributed by atoms with Gasteiger partial charge in [-0.05, 0) is 32.9 Å². The van der Waals surface area contributed by atoms with E-state index in [2.05, 4.69) is 10.1 Å². The highest BCUT2D eigenvalue weighted by Crippen LogP contribution is 2.29. The van der Waals surface area contributed by atoms with Crippen LogP contribution >= 0.6 is 0 Å². The number of benzene rings is 1. The monoisotopic (exact) mass is 335 g/mol. The van der Waals surface area contributed by atoms with Crippen LogP contribution in [0.5, 0.6) is 5.75 Å². The van der Waals surface area contributed by atoms with Gasteiger partial charge in [0.2, 0.25) is 0 Å². The van der Waals surface area contributed by atoms with Crippen LogP contribution in [0.25, 0.3) is 0 Å². The zero-order valence-electron chi connectivity index (χ0n) is 12.7. The van der Waals surface area contributed by atoms with Gasteiger partial charge in [0.15, 0.2) is 6.79 Å². The summed E-state index contributed by atoms with van der Waals surface area (Å²) in [5.74, 6) is -0.280. The van der Waals surface area contributed by atoms with E-state index in [4.69, 9.17) is 9.47 Å². The first-order chi connectivity index (χ1) is 10.0. The Morgan fingerprint density at radius 1 is 1.32 bits per heavy atom. The Morgan fingerprint density at radius 3 is 2.45 bits per heavy atom. The predicted octanol–water partition coefficient (Wildman–Crippen LogP) is 2.67. The number of carbonyl (C=O) groups excluding carboxylic acids is 1. The number of anilines is 1. The zero-order valence-corrected chi connectivity index (χ0v) is 13.5. The molecule has 0 radical (unpaired) electrons. The van der Waals surface area contributed by atoms with Crippen molar-refractivity contribution in [3.8, 4) is 5.75 Å². The van der Waals surface area contributed by atoms with Crippen molar-refractivity contribution in [3.63, 3.8) is 0 Å². The summed E-state index contributed by atoms with van der Waals surface area (Å²) in [5.41, 5.74) is -0.505. The van der Waals surface area contributed by atoms with Gasteiger partial charge in [-0.2, -0.15) is 8.42 Å². The molecule has 0 heterocycles. The molecule has 1 aromatic rings. The van der Waals surface area contributed by atoms with E-state index in [0.717, 1.165) is 12.1 Å². The Kier molecular flexibility index (Phi) is 5.72. The molecule has 0 aliphatic rings. The third-order valence-corrected chi connectivity index (χ3v) is 3.05. The number of hydrogen-bond donors (Lipinski definition) is 1. The molecule has 0 aromatic heterocycles. The molecular formula is C13H18FNO6S. The number of hydrogen-bond acceptors (Lipinski definition) is 6. The summed E-state index contributed by atoms with van der Waals surface area (Å²) in [7, 11) is -3.64. The molecule has 0 saturated heterocycles. The molecule has 124 valence electrons. The molecule has 22 heavy (non-hydrogen) atoms. The van der Waals surface area contributed by atoms with E-state index in [1.807, 2.05) is 0 Å². The smallest absolute Gasteiger partial charge is 0.412 e. The normalized spacial score (nSPS) is 11.9. The van der Waals surface area contributed by atoms with Crippen LogP contribution in [0.4, 0.5) is 14.4 Å². The van der Waals surface area contributed by atoms with E-state index in [0.29, 0.717) is 0 Å². The standard InChI is InChI=1S/C13H18FNO6S/c1-13(2,3)21-12(16)15-9-5-6-11(22(14,17)18)10(7-9)20-8-19-4/h5-7H,8H2,1-4H3,(H,15,16). The number of methoxy groups -OCH3 is 1. The lowest BCUT2D eigenvalue weighted by atomic mass is 10.2. The van der Waals surface area contributed by atoms with Crippen LogP contribution in [-0.4, -0.2) is 34.0 Å². The van der Waals surface area contributed by atoms with Gasteiger partial charge in [0.05, 0.1) is 0 Å². The fraction of sp³-hybridized carbons (Fsp3) is 0.462. The van der Waals surface area contributed by atoms with Crippen molar-refractivity contribution in [2.75, 3.05) is 19.2 Å². The van der Waals surface area contributed by atoms with Crippen molar-refractivity contribution in [2.24, 2.45) is 0 Å². The summed E-state index contributed by atoms with van der Waals surface area (Å²) in [5, 5.41) is 2.39. The average Bonchev–Trinajstić information content (AvgIpc) is 2.32. The summed E-state index contributed by atoms with van der Waals surface area (Å²) >= 11 is 0. The molecule has 9 heteroatoms. The van der Waals surface area contributed by atoms with Crippen LogP contribution in [-0.2, 0) is 19.7 Å². The van der Waals surface area contributed by atoms with Crippen LogP contribution in [0, 0.1) is 0 Å². The Bertz CT molecular complexity index is 638. The molecule has 1 N–H and O–H groups in total. The van der Waals surface area contributed by atoms with E-state index >= 15 is 0 Å². The summed E-state index contributed by atoms with van der Waals surface area (Å²) in [6, 6.07) is 3.36. The second-order valence-electron chi connectivity index (χ2n) is 5.28. The van der Waals surface area contributed by atoms with Crippen molar-refractivity contribution < 1.29 is 31.3 Å². The van der Waals surface area contributed by atoms with Gasteiger partial charge < -0.3 is 14.2 Å². The molecule has 1 rings (SSSR count). The quantitative estimate of drug-likeness (QED) is 0.657. The van der Waals surface area contributed by atoms with Crippen LogP contribution in [0.15, 0.2) is 23.1 Å². The van der Waals surface area contributed by atoms with Crippen LogP contribution in [0.2, 0.25) is 0 Å². The number of nitrogens with one attached hydrogen (secondary N) is 1. The number of ether oxygens (including phenoxy) is 3. The number of carbonyl (C=O) groups is 1. The summed E-state index contributed by atoms with van der Waals surface area (Å²) in [6.07, 6.45) is -0.735. The van der Waals surface area contributed by atoms with Crippen molar-refractivity contribution in [3.05, 3.63) is 18.2 Å². The van der Waals surface area contributed by atoms with E-state index in [-0.39, 0.29) is 18.2 Å². The van der Waals surface area contributed by atoms with Gasteiger partial charge in [-0.3, -0.25) is 5.32 Å². The molecule has 0 spiro atoms. The molecular weight excluding hydrogens is 317 g/mol. The van der Waals surface area contributed by atoms with Crippen molar-refractivity contribution in [1.29, 1.82) is 0 Å². The lowest BCUT2D eigenvalue weighted by molar-refractivity contribution is 0.0490. The fourth-order valence-electron chi connectivity index (χ4n) is 1.44. The Morgan fingerprint density at radius 2 is 1.95 bits per heavy atom. The topological polar surface area (TPSA) is 90.9 Å². The first kappa shape index (κ1) is 18.2. The maximum absolute atomic E-state index is 13.2. The maximum atomic E-state index is 13.2. The van der Waals surface area contributed by atoms with Gasteiger partial charge in [-0.1, -0.05) is 0 Å². The highest BCUT2D eigenvalue weighted by atomic mass is 32.3. The van der Waals surface area contributed by atoms with Crippen molar-refractivity contribution in [1.82, 2.24) is 0 Å². The Balaban J connectivity index is 3.01. The largest absolute Gasteiger partial charge is 0.466 e. The van der Waals surface area contributed by atoms with Gasteiger partial charge in [0, 0.05) is 18.9 Å². The maximum Gasteiger partial charge on any atom is 0.412 e. The van der Waals surface area contributed by atoms with Crippen molar-refractivity contribution in [2.45, 2.75) is 31.3 Å². The molecule has 1 aromatic carbocycles.